The molecule has 16 fully saturated rings. The van der Waals surface area contributed by atoms with Crippen molar-refractivity contribution in [1.82, 2.24) is 0 Å². The third kappa shape index (κ3) is 7.23. The molecule has 34 unspecified atom stereocenters. The zero-order valence-electron chi connectivity index (χ0n) is 56.4. The van der Waals surface area contributed by atoms with Crippen molar-refractivity contribution in [2.24, 2.45) is 245 Å². The van der Waals surface area contributed by atoms with E-state index in [0.29, 0.717) is 37.9 Å². The first-order valence-corrected chi connectivity index (χ1v) is 35.4. The SMILES string of the molecule is CC(C)C(C)(C)C.CC1C(C)C2CC1C1C2C2CC1C(C)(C)C2(C)C.CC1C(C)C2CC1C1C2C2CC1C(C)(C)C2(C)C.CC1C(C)C2CC1C1C3CC(C21)C(C)(C)C3C.CC1C(C)C2CC1C1C3CC(C21)C(C)(C)C3C. The lowest BCUT2D eigenvalue weighted by molar-refractivity contribution is -0.0704. The van der Waals surface area contributed by atoms with Gasteiger partial charge in [-0.15, -0.1) is 0 Å². The van der Waals surface area contributed by atoms with Gasteiger partial charge in [-0.2, -0.15) is 0 Å². The van der Waals surface area contributed by atoms with Gasteiger partial charge in [0.2, 0.25) is 0 Å². The molecule has 0 aromatic heterocycles. The fourth-order valence-corrected chi connectivity index (χ4v) is 28.9. The van der Waals surface area contributed by atoms with E-state index in [1.807, 2.05) is 0 Å². The molecule has 0 heterocycles. The van der Waals surface area contributed by atoms with Gasteiger partial charge in [0, 0.05) is 0 Å². The van der Waals surface area contributed by atoms with Crippen molar-refractivity contribution < 1.29 is 0 Å². The molecule has 0 heteroatoms. The van der Waals surface area contributed by atoms with Gasteiger partial charge in [0.25, 0.3) is 0 Å². The first kappa shape index (κ1) is 57.4. The van der Waals surface area contributed by atoms with Crippen molar-refractivity contribution in [1.29, 1.82) is 0 Å². The van der Waals surface area contributed by atoms with Crippen molar-refractivity contribution in [3.8, 4) is 0 Å². The second-order valence-electron chi connectivity index (χ2n) is 39.3. The second-order valence-corrected chi connectivity index (χ2v) is 39.3. The smallest absolute Gasteiger partial charge is 0.0269 e. The number of fused-ring (bicyclic) bond motifs is 36. The van der Waals surface area contributed by atoms with E-state index in [4.69, 9.17) is 0 Å². The Bertz CT molecular complexity index is 2000. The first-order valence-electron chi connectivity index (χ1n) is 35.4. The van der Waals surface area contributed by atoms with Crippen molar-refractivity contribution in [3.05, 3.63) is 0 Å². The van der Waals surface area contributed by atoms with Gasteiger partial charge in [-0.25, -0.2) is 0 Å². The molecule has 0 saturated heterocycles. The van der Waals surface area contributed by atoms with Crippen LogP contribution in [0.25, 0.3) is 0 Å². The predicted octanol–water partition coefficient (Wildman–Crippen LogP) is 21.3. The standard InChI is InChI=1S/2C18H30.2C17H28.C7H16/c2*1-9-10(2)12-7-11(9)15-13-8-14(16(12)15)18(5,6)17(13,3)4;2*1-8-9(2)12-6-11(8)15-13-7-14(16(12)15)17(4,5)10(13)3;1-6(2)7(3,4)5/h2*9-16H,7-8H2,1-6H3;2*8-16H,6-7H2,1-5H3;6H,1-5H3. The Kier molecular flexibility index (Phi) is 13.3. The predicted molar refractivity (Wildman–Crippen MR) is 329 cm³/mol. The zero-order chi connectivity index (χ0) is 56.4. The summed E-state index contributed by atoms with van der Waals surface area (Å²) in [6, 6.07) is 0. The first-order chi connectivity index (χ1) is 35.4. The molecule has 0 radical (unpaired) electrons. The second kappa shape index (κ2) is 17.8. The molecule has 16 bridgehead atoms. The van der Waals surface area contributed by atoms with E-state index in [1.165, 1.54) is 0 Å². The minimum Gasteiger partial charge on any atom is -0.0623 e. The third-order valence-corrected chi connectivity index (χ3v) is 36.8. The molecular weight excluding hydrogens is 925 g/mol. The van der Waals surface area contributed by atoms with Crippen LogP contribution in [-0.4, -0.2) is 0 Å². The summed E-state index contributed by atoms with van der Waals surface area (Å²) in [4.78, 5) is 0. The molecule has 0 N–H and O–H groups in total. The molecule has 0 nitrogen and oxygen atoms in total. The molecule has 0 aromatic rings. The number of rotatable bonds is 0. The normalized spacial score (nSPS) is 59.7. The molecule has 77 heavy (non-hydrogen) atoms. The minimum atomic E-state index is 0.500. The Labute approximate surface area is 480 Å². The summed E-state index contributed by atoms with van der Waals surface area (Å²) >= 11 is 0. The summed E-state index contributed by atoms with van der Waals surface area (Å²) in [6.45, 7) is 67.7. The minimum absolute atomic E-state index is 0.500. The fraction of sp³-hybridized carbons (Fsp3) is 1.00. The van der Waals surface area contributed by atoms with E-state index in [0.717, 1.165) is 207 Å². The van der Waals surface area contributed by atoms with E-state index in [1.54, 1.807) is 51.4 Å². The topological polar surface area (TPSA) is 0 Å². The van der Waals surface area contributed by atoms with E-state index >= 15 is 0 Å². The maximum Gasteiger partial charge on any atom is -0.0269 e. The molecule has 0 amide bonds. The van der Waals surface area contributed by atoms with Crippen LogP contribution in [0.5, 0.6) is 0 Å². The van der Waals surface area contributed by atoms with Gasteiger partial charge >= 0.3 is 0 Å². The van der Waals surface area contributed by atoms with Crippen LogP contribution in [0.1, 0.15) is 238 Å². The molecule has 16 rings (SSSR count). The summed E-state index contributed by atoms with van der Waals surface area (Å²) in [7, 11) is 0. The van der Waals surface area contributed by atoms with Crippen LogP contribution in [0.4, 0.5) is 0 Å². The van der Waals surface area contributed by atoms with Gasteiger partial charge in [0.1, 0.15) is 0 Å². The molecule has 440 valence electrons. The molecule has 16 aliphatic rings. The highest BCUT2D eigenvalue weighted by atomic mass is 14.8. The van der Waals surface area contributed by atoms with Crippen LogP contribution in [0, 0.1) is 245 Å². The highest BCUT2D eigenvalue weighted by molar-refractivity contribution is 5.23. The maximum absolute atomic E-state index is 2.58. The molecular formula is C77H132. The summed E-state index contributed by atoms with van der Waals surface area (Å²) < 4.78 is 0. The van der Waals surface area contributed by atoms with Crippen LogP contribution in [0.3, 0.4) is 0 Å². The van der Waals surface area contributed by atoms with Gasteiger partial charge in [-0.05, 0) is 296 Å². The Morgan fingerprint density at radius 3 is 0.636 bits per heavy atom. The summed E-state index contributed by atoms with van der Waals surface area (Å²) in [5.41, 5.74) is 4.08. The highest BCUT2D eigenvalue weighted by Gasteiger charge is 2.75. The Morgan fingerprint density at radius 1 is 0.260 bits per heavy atom. The average Bonchev–Trinajstić information content (AvgIpc) is 4.33. The average molecular weight is 1060 g/mol. The monoisotopic (exact) mass is 1060 g/mol. The highest BCUT2D eigenvalue weighted by Crippen LogP contribution is 2.81. The largest absolute Gasteiger partial charge is 0.0623 e. The van der Waals surface area contributed by atoms with E-state index in [-0.39, 0.29) is 0 Å². The number of hydrogen-bond acceptors (Lipinski definition) is 0. The Morgan fingerprint density at radius 2 is 0.442 bits per heavy atom. The van der Waals surface area contributed by atoms with Crippen LogP contribution in [0.15, 0.2) is 0 Å². The van der Waals surface area contributed by atoms with Crippen LogP contribution in [-0.2, 0) is 0 Å². The molecule has 16 aliphatic carbocycles. The van der Waals surface area contributed by atoms with Gasteiger partial charge in [-0.3, -0.25) is 0 Å². The van der Waals surface area contributed by atoms with Gasteiger partial charge in [0.05, 0.1) is 0 Å². The lowest BCUT2D eigenvalue weighted by Gasteiger charge is -2.55. The summed E-state index contributed by atoms with van der Waals surface area (Å²) in [5.74, 6) is 37.0. The Balaban J connectivity index is 0.0000000991. The summed E-state index contributed by atoms with van der Waals surface area (Å²) in [5, 5.41) is 0. The van der Waals surface area contributed by atoms with Gasteiger partial charge in [-0.1, -0.05) is 187 Å². The zero-order valence-corrected chi connectivity index (χ0v) is 56.4. The third-order valence-electron chi connectivity index (χ3n) is 36.8. The maximum atomic E-state index is 2.58. The van der Waals surface area contributed by atoms with Crippen molar-refractivity contribution in [2.75, 3.05) is 0 Å². The van der Waals surface area contributed by atoms with Crippen molar-refractivity contribution in [3.63, 3.8) is 0 Å². The lowest BCUT2D eigenvalue weighted by atomic mass is 9.50. The van der Waals surface area contributed by atoms with E-state index in [9.17, 15) is 0 Å². The van der Waals surface area contributed by atoms with Crippen molar-refractivity contribution in [2.45, 2.75) is 238 Å². The van der Waals surface area contributed by atoms with Crippen LogP contribution < -0.4 is 0 Å². The Hall–Kier alpha value is 0. The molecule has 34 atom stereocenters. The van der Waals surface area contributed by atoms with Gasteiger partial charge in [0.15, 0.2) is 0 Å². The van der Waals surface area contributed by atoms with Crippen LogP contribution in [0.2, 0.25) is 0 Å². The lowest BCUT2D eigenvalue weighted by Crippen LogP contribution is -2.50. The fourth-order valence-electron chi connectivity index (χ4n) is 28.9. The number of hydrogen-bond donors (Lipinski definition) is 0. The molecule has 0 aliphatic heterocycles. The molecule has 0 aromatic carbocycles. The summed E-state index contributed by atoms with van der Waals surface area (Å²) in [6.07, 6.45) is 12.6. The van der Waals surface area contributed by atoms with E-state index in [2.05, 4.69) is 187 Å². The molecule has 0 spiro atoms. The van der Waals surface area contributed by atoms with Crippen LogP contribution >= 0.6 is 0 Å². The van der Waals surface area contributed by atoms with E-state index < -0.39 is 0 Å². The quantitative estimate of drug-likeness (QED) is 0.212. The van der Waals surface area contributed by atoms with Gasteiger partial charge < -0.3 is 0 Å². The molecule has 16 saturated carbocycles. The van der Waals surface area contributed by atoms with Crippen molar-refractivity contribution >= 4 is 0 Å².